The van der Waals surface area contributed by atoms with Crippen LogP contribution < -0.4 is 0 Å². The van der Waals surface area contributed by atoms with E-state index in [1.807, 2.05) is 30.3 Å². The van der Waals surface area contributed by atoms with Crippen LogP contribution in [0.25, 0.3) is 10.8 Å². The summed E-state index contributed by atoms with van der Waals surface area (Å²) in [5, 5.41) is 13.7. The van der Waals surface area contributed by atoms with Crippen molar-refractivity contribution >= 4 is 34.8 Å². The minimum Gasteiger partial charge on any atom is -0.387 e. The number of benzene rings is 2. The summed E-state index contributed by atoms with van der Waals surface area (Å²) in [6, 6.07) is 12.0. The lowest BCUT2D eigenvalue weighted by Gasteiger charge is -2.26. The highest BCUT2D eigenvalue weighted by atomic mass is 35.5. The zero-order valence-corrected chi connectivity index (χ0v) is 17.7. The Hall–Kier alpha value is -0.800. The number of hydrogen-bond acceptors (Lipinski definition) is 2. The van der Waals surface area contributed by atoms with Gasteiger partial charge in [-0.25, -0.2) is 0 Å². The maximum absolute atomic E-state index is 10.9. The van der Waals surface area contributed by atoms with Gasteiger partial charge < -0.3 is 10.0 Å². The number of rotatable bonds is 11. The van der Waals surface area contributed by atoms with Crippen LogP contribution in [-0.2, 0) is 0 Å². The Bertz CT molecular complexity index is 637. The minimum atomic E-state index is -0.481. The average molecular weight is 398 g/mol. The summed E-state index contributed by atoms with van der Waals surface area (Å²) in [5.41, 5.74) is 0.982. The van der Waals surface area contributed by atoms with Crippen molar-refractivity contribution in [2.45, 2.75) is 58.5 Å². The van der Waals surface area contributed by atoms with Crippen molar-refractivity contribution in [1.82, 2.24) is 4.90 Å². The molecular weight excluding hydrogens is 365 g/mol. The Morgan fingerprint density at radius 1 is 0.885 bits per heavy atom. The molecule has 2 nitrogen and oxygen atoms in total. The van der Waals surface area contributed by atoms with Crippen LogP contribution >= 0.6 is 24.0 Å². The van der Waals surface area contributed by atoms with Crippen molar-refractivity contribution in [3.05, 3.63) is 47.0 Å². The summed E-state index contributed by atoms with van der Waals surface area (Å²) in [7, 11) is 0. The first-order chi connectivity index (χ1) is 12.2. The van der Waals surface area contributed by atoms with Gasteiger partial charge in [0.1, 0.15) is 0 Å². The van der Waals surface area contributed by atoms with Crippen LogP contribution in [0.5, 0.6) is 0 Å². The maximum Gasteiger partial charge on any atom is 0.0922 e. The number of nitrogens with zero attached hydrogens (tertiary/aromatic N) is 1. The first-order valence-corrected chi connectivity index (χ1v) is 10.1. The number of hydrogen-bond donors (Lipinski definition) is 1. The van der Waals surface area contributed by atoms with Gasteiger partial charge in [0, 0.05) is 17.0 Å². The lowest BCUT2D eigenvalue weighted by molar-refractivity contribution is 0.111. The second-order valence-corrected chi connectivity index (χ2v) is 7.32. The Labute approximate surface area is 170 Å². The van der Waals surface area contributed by atoms with Crippen molar-refractivity contribution in [3.63, 3.8) is 0 Å². The van der Waals surface area contributed by atoms with E-state index in [-0.39, 0.29) is 12.4 Å². The monoisotopic (exact) mass is 397 g/mol. The largest absolute Gasteiger partial charge is 0.387 e. The van der Waals surface area contributed by atoms with Crippen molar-refractivity contribution in [1.29, 1.82) is 0 Å². The average Bonchev–Trinajstić information content (AvgIpc) is 2.62. The molecule has 1 atom stereocenters. The van der Waals surface area contributed by atoms with Gasteiger partial charge in [-0.1, -0.05) is 81.5 Å². The number of fused-ring (bicyclic) bond motifs is 1. The van der Waals surface area contributed by atoms with Crippen molar-refractivity contribution in [3.8, 4) is 0 Å². The minimum absolute atomic E-state index is 0. The summed E-state index contributed by atoms with van der Waals surface area (Å²) in [6.45, 7) is 7.30. The van der Waals surface area contributed by atoms with E-state index in [2.05, 4.69) is 24.8 Å². The highest BCUT2D eigenvalue weighted by Gasteiger charge is 2.16. The molecule has 146 valence electrons. The molecule has 2 aromatic carbocycles. The Morgan fingerprint density at radius 3 is 2.04 bits per heavy atom. The third-order valence-corrected chi connectivity index (χ3v) is 5.18. The Kier molecular flexibility index (Phi) is 11.2. The molecule has 0 fully saturated rings. The van der Waals surface area contributed by atoms with Crippen molar-refractivity contribution in [2.75, 3.05) is 19.6 Å². The zero-order chi connectivity index (χ0) is 18.1. The molecule has 1 N–H and O–H groups in total. The summed E-state index contributed by atoms with van der Waals surface area (Å²) in [5.74, 6) is 0. The molecule has 2 rings (SSSR count). The number of unbranched alkanes of at least 4 members (excludes halogenated alkanes) is 4. The van der Waals surface area contributed by atoms with Gasteiger partial charge in [-0.3, -0.25) is 0 Å². The van der Waals surface area contributed by atoms with Crippen LogP contribution in [0, 0.1) is 0 Å². The molecule has 0 bridgehead atoms. The number of aliphatic hydroxyl groups is 1. The van der Waals surface area contributed by atoms with Crippen LogP contribution in [0.3, 0.4) is 0 Å². The van der Waals surface area contributed by atoms with Gasteiger partial charge in [0.2, 0.25) is 0 Å². The van der Waals surface area contributed by atoms with Gasteiger partial charge in [-0.2, -0.15) is 0 Å². The van der Waals surface area contributed by atoms with E-state index in [1.165, 1.54) is 38.5 Å². The van der Waals surface area contributed by atoms with E-state index in [1.54, 1.807) is 0 Å². The molecule has 1 unspecified atom stereocenters. The zero-order valence-electron chi connectivity index (χ0n) is 16.1. The molecule has 0 aliphatic carbocycles. The van der Waals surface area contributed by atoms with Gasteiger partial charge in [-0.05, 0) is 42.9 Å². The van der Waals surface area contributed by atoms with Crippen LogP contribution in [0.15, 0.2) is 36.4 Å². The van der Waals surface area contributed by atoms with Crippen molar-refractivity contribution < 1.29 is 5.11 Å². The third-order valence-electron chi connectivity index (χ3n) is 4.85. The summed E-state index contributed by atoms with van der Waals surface area (Å²) < 4.78 is 0. The van der Waals surface area contributed by atoms with Gasteiger partial charge in [-0.15, -0.1) is 12.4 Å². The first kappa shape index (κ1) is 23.2. The first-order valence-electron chi connectivity index (χ1n) is 9.75. The van der Waals surface area contributed by atoms with E-state index in [9.17, 15) is 5.11 Å². The molecular formula is C22H33Cl2NO. The van der Waals surface area contributed by atoms with Gasteiger partial charge in [0.15, 0.2) is 0 Å². The van der Waals surface area contributed by atoms with Crippen molar-refractivity contribution in [2.24, 2.45) is 0 Å². The Morgan fingerprint density at radius 2 is 1.46 bits per heavy atom. The molecule has 0 saturated heterocycles. The fourth-order valence-electron chi connectivity index (χ4n) is 3.38. The fourth-order valence-corrected chi connectivity index (χ4v) is 3.61. The lowest BCUT2D eigenvalue weighted by Crippen LogP contribution is -2.31. The second-order valence-electron chi connectivity index (χ2n) is 6.91. The van der Waals surface area contributed by atoms with Crippen LogP contribution in [-0.4, -0.2) is 29.6 Å². The number of halogens is 2. The van der Waals surface area contributed by atoms with E-state index in [4.69, 9.17) is 11.6 Å². The summed E-state index contributed by atoms with van der Waals surface area (Å²) in [6.07, 6.45) is 6.90. The van der Waals surface area contributed by atoms with Gasteiger partial charge in [0.25, 0.3) is 0 Å². The molecule has 0 amide bonds. The quantitative estimate of drug-likeness (QED) is 0.430. The predicted octanol–water partition coefficient (Wildman–Crippen LogP) is 6.63. The molecule has 0 saturated carbocycles. The van der Waals surface area contributed by atoms with Crippen LogP contribution in [0.2, 0.25) is 5.02 Å². The molecule has 0 heterocycles. The second kappa shape index (κ2) is 12.6. The van der Waals surface area contributed by atoms with Gasteiger partial charge >= 0.3 is 0 Å². The van der Waals surface area contributed by atoms with Gasteiger partial charge in [0.05, 0.1) is 6.10 Å². The molecule has 0 aliphatic heterocycles. The van der Waals surface area contributed by atoms with E-state index in [0.29, 0.717) is 6.54 Å². The maximum atomic E-state index is 10.9. The topological polar surface area (TPSA) is 23.5 Å². The lowest BCUT2D eigenvalue weighted by atomic mass is 10.00. The smallest absolute Gasteiger partial charge is 0.0922 e. The molecule has 2 aromatic rings. The Balaban J connectivity index is 0.00000338. The molecule has 0 aliphatic rings. The molecule has 4 heteroatoms. The normalized spacial score (nSPS) is 12.3. The highest BCUT2D eigenvalue weighted by Crippen LogP contribution is 2.30. The highest BCUT2D eigenvalue weighted by molar-refractivity contribution is 6.35. The van der Waals surface area contributed by atoms with E-state index in [0.717, 1.165) is 34.4 Å². The third kappa shape index (κ3) is 6.74. The molecule has 0 radical (unpaired) electrons. The van der Waals surface area contributed by atoms with E-state index >= 15 is 0 Å². The number of aliphatic hydroxyl groups excluding tert-OH is 1. The summed E-state index contributed by atoms with van der Waals surface area (Å²) >= 11 is 6.32. The standard InChI is InChI=1S/C22H32ClNO.ClH/c1-3-5-9-15-24(16-10-6-4-2)17-22(25)20-13-14-21(23)19-12-8-7-11-18(19)20;/h7-8,11-14,22,25H,3-6,9-10,15-17H2,1-2H3;1H. The van der Waals surface area contributed by atoms with E-state index < -0.39 is 6.10 Å². The van der Waals surface area contributed by atoms with Crippen LogP contribution in [0.1, 0.15) is 64.0 Å². The predicted molar refractivity (Wildman–Crippen MR) is 117 cm³/mol. The molecule has 26 heavy (non-hydrogen) atoms. The molecule has 0 spiro atoms. The SMILES string of the molecule is CCCCCN(CCCCC)CC(O)c1ccc(Cl)c2ccccc12.Cl. The summed E-state index contributed by atoms with van der Waals surface area (Å²) in [4.78, 5) is 2.43. The fraction of sp³-hybridized carbons (Fsp3) is 0.545. The molecule has 0 aromatic heterocycles. The van der Waals surface area contributed by atoms with Crippen LogP contribution in [0.4, 0.5) is 0 Å².